The third-order valence-electron chi connectivity index (χ3n) is 2.17. The van der Waals surface area contributed by atoms with Crippen LogP contribution in [0.2, 0.25) is 0 Å². The lowest BCUT2D eigenvalue weighted by Crippen LogP contribution is -2.44. The molecule has 0 aromatic carbocycles. The number of alkyl carbamates (subject to hydrolysis) is 1. The van der Waals surface area contributed by atoms with Gasteiger partial charge in [0.15, 0.2) is 0 Å². The second-order valence-electron chi connectivity index (χ2n) is 5.24. The summed E-state index contributed by atoms with van der Waals surface area (Å²) in [5.41, 5.74) is -0.0292. The number of imidazole rings is 1. The molecule has 0 aliphatic carbocycles. The first kappa shape index (κ1) is 15.0. The maximum absolute atomic E-state index is 11.5. The Morgan fingerprint density at radius 2 is 2.16 bits per heavy atom. The Balaban J connectivity index is 2.63. The van der Waals surface area contributed by atoms with E-state index in [1.807, 2.05) is 0 Å². The number of amides is 1. The molecule has 0 saturated heterocycles. The molecule has 7 nitrogen and oxygen atoms in total. The molecule has 1 aromatic rings. The van der Waals surface area contributed by atoms with Crippen LogP contribution in [0.4, 0.5) is 4.79 Å². The van der Waals surface area contributed by atoms with Crippen molar-refractivity contribution in [2.45, 2.75) is 45.8 Å². The zero-order valence-corrected chi connectivity index (χ0v) is 11.5. The highest BCUT2D eigenvalue weighted by atomic mass is 16.6. The molecule has 0 radical (unpaired) electrons. The zero-order chi connectivity index (χ0) is 14.6. The molecule has 1 heterocycles. The Morgan fingerprint density at radius 3 is 2.58 bits per heavy atom. The molecule has 19 heavy (non-hydrogen) atoms. The SMILES string of the molecule is Cc1ncc(C[C@@H](NC(=O)OC(C)(C)C)C(=O)O)[nH]1. The molecule has 1 amide bonds. The van der Waals surface area contributed by atoms with Gasteiger partial charge in [-0.3, -0.25) is 0 Å². The molecule has 0 fully saturated rings. The van der Waals surface area contributed by atoms with E-state index in [0.717, 1.165) is 0 Å². The lowest BCUT2D eigenvalue weighted by molar-refractivity contribution is -0.139. The number of nitrogens with one attached hydrogen (secondary N) is 2. The molecule has 7 heteroatoms. The fourth-order valence-corrected chi connectivity index (χ4v) is 1.45. The minimum atomic E-state index is -1.13. The minimum absolute atomic E-state index is 0.120. The number of aromatic nitrogens is 2. The molecule has 1 atom stereocenters. The summed E-state index contributed by atoms with van der Waals surface area (Å²) in [6.07, 6.45) is 0.911. The van der Waals surface area contributed by atoms with Crippen molar-refractivity contribution < 1.29 is 19.4 Å². The van der Waals surface area contributed by atoms with Gasteiger partial charge < -0.3 is 20.1 Å². The smallest absolute Gasteiger partial charge is 0.408 e. The first-order valence-electron chi connectivity index (χ1n) is 5.90. The van der Waals surface area contributed by atoms with E-state index in [2.05, 4.69) is 15.3 Å². The van der Waals surface area contributed by atoms with Gasteiger partial charge in [-0.05, 0) is 27.7 Å². The van der Waals surface area contributed by atoms with Crippen molar-refractivity contribution in [2.75, 3.05) is 0 Å². The summed E-state index contributed by atoms with van der Waals surface area (Å²) >= 11 is 0. The third kappa shape index (κ3) is 5.41. The van der Waals surface area contributed by atoms with Crippen LogP contribution in [0, 0.1) is 6.92 Å². The number of carboxylic acids is 1. The van der Waals surface area contributed by atoms with E-state index >= 15 is 0 Å². The first-order chi connectivity index (χ1) is 8.67. The van der Waals surface area contributed by atoms with Crippen molar-refractivity contribution in [3.63, 3.8) is 0 Å². The Kier molecular flexibility index (Phi) is 4.52. The molecule has 3 N–H and O–H groups in total. The second kappa shape index (κ2) is 5.73. The van der Waals surface area contributed by atoms with Crippen LogP contribution in [-0.2, 0) is 16.0 Å². The number of H-pyrrole nitrogens is 1. The van der Waals surface area contributed by atoms with Crippen molar-refractivity contribution in [3.05, 3.63) is 17.7 Å². The average molecular weight is 269 g/mol. The standard InChI is InChI=1S/C12H19N3O4/c1-7-13-6-8(14-7)5-9(10(16)17)15-11(18)19-12(2,3)4/h6,9H,5H2,1-4H3,(H,13,14)(H,15,18)(H,16,17)/t9-/m1/s1. The zero-order valence-electron chi connectivity index (χ0n) is 11.5. The number of nitrogens with zero attached hydrogens (tertiary/aromatic N) is 1. The summed E-state index contributed by atoms with van der Waals surface area (Å²) in [5, 5.41) is 11.4. The lowest BCUT2D eigenvalue weighted by atomic mass is 10.1. The van der Waals surface area contributed by atoms with Gasteiger partial charge in [-0.25, -0.2) is 14.6 Å². The quantitative estimate of drug-likeness (QED) is 0.762. The molecule has 0 aliphatic rings. The summed E-state index contributed by atoms with van der Waals surface area (Å²) in [6, 6.07) is -1.06. The highest BCUT2D eigenvalue weighted by molar-refractivity contribution is 5.80. The van der Waals surface area contributed by atoms with Crippen LogP contribution in [0.3, 0.4) is 0 Å². The number of aryl methyl sites for hydroxylation is 1. The van der Waals surface area contributed by atoms with E-state index in [-0.39, 0.29) is 6.42 Å². The van der Waals surface area contributed by atoms with Crippen molar-refractivity contribution in [1.82, 2.24) is 15.3 Å². The summed E-state index contributed by atoms with van der Waals surface area (Å²) < 4.78 is 5.02. The molecule has 0 aliphatic heterocycles. The van der Waals surface area contributed by atoms with Gasteiger partial charge in [0, 0.05) is 18.3 Å². The molecule has 1 rings (SSSR count). The van der Waals surface area contributed by atoms with Crippen molar-refractivity contribution >= 4 is 12.1 Å². The number of ether oxygens (including phenoxy) is 1. The second-order valence-corrected chi connectivity index (χ2v) is 5.24. The van der Waals surface area contributed by atoms with E-state index in [1.165, 1.54) is 0 Å². The van der Waals surface area contributed by atoms with E-state index < -0.39 is 23.7 Å². The van der Waals surface area contributed by atoms with Gasteiger partial charge in [0.25, 0.3) is 0 Å². The van der Waals surface area contributed by atoms with E-state index in [1.54, 1.807) is 33.9 Å². The van der Waals surface area contributed by atoms with Gasteiger partial charge in [-0.15, -0.1) is 0 Å². The highest BCUT2D eigenvalue weighted by Crippen LogP contribution is 2.08. The number of hydrogen-bond donors (Lipinski definition) is 3. The number of carboxylic acid groups (broad SMARTS) is 1. The number of aliphatic carboxylic acids is 1. The average Bonchev–Trinajstić information content (AvgIpc) is 2.60. The van der Waals surface area contributed by atoms with Crippen LogP contribution in [0.5, 0.6) is 0 Å². The predicted octanol–water partition coefficient (Wildman–Crippen LogP) is 1.24. The largest absolute Gasteiger partial charge is 0.480 e. The molecular formula is C12H19N3O4. The number of carbonyl (C=O) groups is 2. The van der Waals surface area contributed by atoms with Crippen LogP contribution in [0.25, 0.3) is 0 Å². The molecule has 1 aromatic heterocycles. The molecule has 0 unspecified atom stereocenters. The molecule has 0 spiro atoms. The third-order valence-corrected chi connectivity index (χ3v) is 2.17. The fourth-order valence-electron chi connectivity index (χ4n) is 1.45. The van der Waals surface area contributed by atoms with Gasteiger partial charge in [-0.1, -0.05) is 0 Å². The number of hydrogen-bond acceptors (Lipinski definition) is 4. The topological polar surface area (TPSA) is 104 Å². The summed E-state index contributed by atoms with van der Waals surface area (Å²) in [4.78, 5) is 29.5. The van der Waals surface area contributed by atoms with Crippen molar-refractivity contribution in [2.24, 2.45) is 0 Å². The van der Waals surface area contributed by atoms with Crippen LogP contribution in [-0.4, -0.2) is 38.8 Å². The summed E-state index contributed by atoms with van der Waals surface area (Å²) in [6.45, 7) is 6.89. The fraction of sp³-hybridized carbons (Fsp3) is 0.583. The Morgan fingerprint density at radius 1 is 1.53 bits per heavy atom. The summed E-state index contributed by atoms with van der Waals surface area (Å²) in [5.74, 6) is -0.436. The lowest BCUT2D eigenvalue weighted by Gasteiger charge is -2.21. The van der Waals surface area contributed by atoms with Gasteiger partial charge >= 0.3 is 12.1 Å². The normalized spacial score (nSPS) is 12.8. The molecule has 0 bridgehead atoms. The highest BCUT2D eigenvalue weighted by Gasteiger charge is 2.24. The monoisotopic (exact) mass is 269 g/mol. The summed E-state index contributed by atoms with van der Waals surface area (Å²) in [7, 11) is 0. The van der Waals surface area contributed by atoms with Gasteiger partial charge in [0.1, 0.15) is 17.5 Å². The number of rotatable bonds is 4. The van der Waals surface area contributed by atoms with Gasteiger partial charge in [0.2, 0.25) is 0 Å². The van der Waals surface area contributed by atoms with E-state index in [4.69, 9.17) is 9.84 Å². The first-order valence-corrected chi connectivity index (χ1v) is 5.90. The van der Waals surface area contributed by atoms with Crippen LogP contribution >= 0.6 is 0 Å². The van der Waals surface area contributed by atoms with E-state index in [0.29, 0.717) is 11.5 Å². The Hall–Kier alpha value is -2.05. The number of aromatic amines is 1. The van der Waals surface area contributed by atoms with Crippen molar-refractivity contribution in [3.8, 4) is 0 Å². The maximum Gasteiger partial charge on any atom is 0.408 e. The Labute approximate surface area is 111 Å². The minimum Gasteiger partial charge on any atom is -0.480 e. The van der Waals surface area contributed by atoms with E-state index in [9.17, 15) is 9.59 Å². The van der Waals surface area contributed by atoms with Crippen LogP contribution in [0.15, 0.2) is 6.20 Å². The molecule has 0 saturated carbocycles. The van der Waals surface area contributed by atoms with Crippen molar-refractivity contribution in [1.29, 1.82) is 0 Å². The Bertz CT molecular complexity index is 462. The maximum atomic E-state index is 11.5. The van der Waals surface area contributed by atoms with Gasteiger partial charge in [-0.2, -0.15) is 0 Å². The predicted molar refractivity (Wildman–Crippen MR) is 67.8 cm³/mol. The molecule has 106 valence electrons. The number of carbonyl (C=O) groups excluding carboxylic acids is 1. The molecular weight excluding hydrogens is 250 g/mol. The van der Waals surface area contributed by atoms with Crippen LogP contribution in [0.1, 0.15) is 32.3 Å². The van der Waals surface area contributed by atoms with Crippen LogP contribution < -0.4 is 5.32 Å². The van der Waals surface area contributed by atoms with Gasteiger partial charge in [0.05, 0.1) is 0 Å².